The third-order valence-electron chi connectivity index (χ3n) is 4.56. The van der Waals surface area contributed by atoms with E-state index in [9.17, 15) is 14.4 Å². The van der Waals surface area contributed by atoms with Crippen LogP contribution in [0.3, 0.4) is 0 Å². The molecule has 1 aromatic carbocycles. The van der Waals surface area contributed by atoms with E-state index in [-0.39, 0.29) is 49.1 Å². The average molecular weight is 411 g/mol. The maximum Gasteiger partial charge on any atom is 0.251 e. The van der Waals surface area contributed by atoms with E-state index >= 15 is 0 Å². The van der Waals surface area contributed by atoms with Crippen LogP contribution in [0.5, 0.6) is 0 Å². The van der Waals surface area contributed by atoms with Gasteiger partial charge in [0.1, 0.15) is 0 Å². The Bertz CT molecular complexity index is 843. The summed E-state index contributed by atoms with van der Waals surface area (Å²) in [5.41, 5.74) is 2.71. The zero-order valence-corrected chi connectivity index (χ0v) is 17.8. The van der Waals surface area contributed by atoms with Gasteiger partial charge in [-0.05, 0) is 40.8 Å². The molecule has 2 rings (SSSR count). The molecule has 0 aliphatic rings. The molecule has 0 unspecified atom stereocenters. The third-order valence-corrected chi connectivity index (χ3v) is 4.56. The highest BCUT2D eigenvalue weighted by molar-refractivity contribution is 5.94. The molecule has 1 heterocycles. The summed E-state index contributed by atoms with van der Waals surface area (Å²) >= 11 is 0. The zero-order valence-electron chi connectivity index (χ0n) is 17.8. The molecule has 160 valence electrons. The smallest absolute Gasteiger partial charge is 0.251 e. The molecule has 0 fully saturated rings. The number of hydrogen-bond donors (Lipinski definition) is 3. The number of carbonyl (C=O) groups excluding carboxylic acids is 3. The number of benzene rings is 1. The van der Waals surface area contributed by atoms with Gasteiger partial charge >= 0.3 is 0 Å². The van der Waals surface area contributed by atoms with Crippen LogP contribution in [0, 0.1) is 0 Å². The fourth-order valence-corrected chi connectivity index (χ4v) is 2.71. The molecule has 0 spiro atoms. The van der Waals surface area contributed by atoms with Gasteiger partial charge in [-0.2, -0.15) is 0 Å². The summed E-state index contributed by atoms with van der Waals surface area (Å²) in [6.07, 6.45) is 3.69. The summed E-state index contributed by atoms with van der Waals surface area (Å²) in [6, 6.07) is 11.1. The van der Waals surface area contributed by atoms with E-state index in [1.54, 1.807) is 24.5 Å². The fourth-order valence-electron chi connectivity index (χ4n) is 2.71. The second-order valence-corrected chi connectivity index (χ2v) is 8.07. The molecule has 0 radical (unpaired) electrons. The number of amides is 3. The van der Waals surface area contributed by atoms with Crippen LogP contribution in [0.4, 0.5) is 0 Å². The number of carbonyl (C=O) groups is 3. The Morgan fingerprint density at radius 1 is 0.800 bits per heavy atom. The largest absolute Gasteiger partial charge is 0.356 e. The molecule has 0 aliphatic carbocycles. The van der Waals surface area contributed by atoms with Crippen molar-refractivity contribution in [2.24, 2.45) is 0 Å². The van der Waals surface area contributed by atoms with Crippen molar-refractivity contribution in [2.75, 3.05) is 13.1 Å². The van der Waals surface area contributed by atoms with E-state index in [1.165, 1.54) is 0 Å². The maximum absolute atomic E-state index is 12.2. The molecule has 1 aromatic heterocycles. The Morgan fingerprint density at radius 2 is 1.37 bits per heavy atom. The lowest BCUT2D eigenvalue weighted by Gasteiger charge is -2.19. The first-order valence-corrected chi connectivity index (χ1v) is 10.1. The summed E-state index contributed by atoms with van der Waals surface area (Å²) < 4.78 is 0. The number of nitrogens with one attached hydrogen (secondary N) is 3. The topological polar surface area (TPSA) is 100 Å². The summed E-state index contributed by atoms with van der Waals surface area (Å²) in [5.74, 6) is -0.557. The Hall–Kier alpha value is -3.22. The van der Waals surface area contributed by atoms with Crippen molar-refractivity contribution in [1.29, 1.82) is 0 Å². The van der Waals surface area contributed by atoms with Crippen molar-refractivity contribution in [3.63, 3.8) is 0 Å². The molecule has 0 aliphatic heterocycles. The molecule has 7 nitrogen and oxygen atoms in total. The van der Waals surface area contributed by atoms with Gasteiger partial charge in [-0.25, -0.2) is 0 Å². The van der Waals surface area contributed by atoms with Crippen LogP contribution in [0.15, 0.2) is 48.8 Å². The van der Waals surface area contributed by atoms with E-state index < -0.39 is 0 Å². The van der Waals surface area contributed by atoms with Crippen molar-refractivity contribution in [1.82, 2.24) is 20.9 Å². The summed E-state index contributed by atoms with van der Waals surface area (Å²) in [7, 11) is 0. The van der Waals surface area contributed by atoms with Gasteiger partial charge in [0.15, 0.2) is 0 Å². The molecule has 7 heteroatoms. The van der Waals surface area contributed by atoms with Crippen LogP contribution in [0.25, 0.3) is 0 Å². The van der Waals surface area contributed by atoms with E-state index in [1.807, 2.05) is 24.3 Å². The van der Waals surface area contributed by atoms with Crippen LogP contribution >= 0.6 is 0 Å². The van der Waals surface area contributed by atoms with Crippen LogP contribution in [0.2, 0.25) is 0 Å². The maximum atomic E-state index is 12.2. The normalized spacial score (nSPS) is 10.9. The lowest BCUT2D eigenvalue weighted by molar-refractivity contribution is -0.122. The van der Waals surface area contributed by atoms with Crippen molar-refractivity contribution in [3.8, 4) is 0 Å². The number of nitrogens with zero attached hydrogens (tertiary/aromatic N) is 1. The first-order chi connectivity index (χ1) is 14.3. The van der Waals surface area contributed by atoms with Crippen molar-refractivity contribution < 1.29 is 14.4 Å². The second-order valence-electron chi connectivity index (χ2n) is 8.07. The Kier molecular flexibility index (Phi) is 8.53. The standard InChI is InChI=1S/C23H30N4O3/c1-23(2,3)19-6-4-18(5-7-19)22(30)26-15-11-20(28)25-14-10-21(29)27-16-17-8-12-24-13-9-17/h4-9,12-13H,10-11,14-16H2,1-3H3,(H,25,28)(H,26,30)(H,27,29). The Labute approximate surface area is 177 Å². The zero-order chi connectivity index (χ0) is 22.0. The lowest BCUT2D eigenvalue weighted by atomic mass is 9.87. The molecule has 2 aromatic rings. The molecule has 3 amide bonds. The fraction of sp³-hybridized carbons (Fsp3) is 0.391. The highest BCUT2D eigenvalue weighted by Gasteiger charge is 2.14. The van der Waals surface area contributed by atoms with Gasteiger partial charge in [-0.15, -0.1) is 0 Å². The Balaban J connectivity index is 1.60. The van der Waals surface area contributed by atoms with Crippen LogP contribution in [-0.4, -0.2) is 35.8 Å². The van der Waals surface area contributed by atoms with Crippen LogP contribution in [-0.2, 0) is 21.5 Å². The number of hydrogen-bond acceptors (Lipinski definition) is 4. The monoisotopic (exact) mass is 410 g/mol. The number of rotatable bonds is 9. The van der Waals surface area contributed by atoms with Gasteiger partial charge in [0.05, 0.1) is 0 Å². The summed E-state index contributed by atoms with van der Waals surface area (Å²) in [4.78, 5) is 39.8. The van der Waals surface area contributed by atoms with Gasteiger partial charge < -0.3 is 16.0 Å². The molecule has 0 atom stereocenters. The van der Waals surface area contributed by atoms with Gasteiger partial charge in [-0.1, -0.05) is 32.9 Å². The highest BCUT2D eigenvalue weighted by atomic mass is 16.2. The van der Waals surface area contributed by atoms with Crippen LogP contribution in [0.1, 0.15) is 55.1 Å². The first kappa shape index (κ1) is 23.1. The molecule has 3 N–H and O–H groups in total. The van der Waals surface area contributed by atoms with Gasteiger partial charge in [0, 0.05) is 50.4 Å². The van der Waals surface area contributed by atoms with E-state index in [4.69, 9.17) is 0 Å². The predicted molar refractivity (Wildman–Crippen MR) is 116 cm³/mol. The summed E-state index contributed by atoms with van der Waals surface area (Å²) in [6.45, 7) is 7.27. The molecular weight excluding hydrogens is 380 g/mol. The number of pyridine rings is 1. The van der Waals surface area contributed by atoms with E-state index in [2.05, 4.69) is 41.7 Å². The minimum atomic E-state index is -0.209. The van der Waals surface area contributed by atoms with Crippen molar-refractivity contribution in [2.45, 2.75) is 45.6 Å². The lowest BCUT2D eigenvalue weighted by Crippen LogP contribution is -2.33. The van der Waals surface area contributed by atoms with E-state index in [0.717, 1.165) is 11.1 Å². The molecule has 0 bridgehead atoms. The second kappa shape index (κ2) is 11.1. The van der Waals surface area contributed by atoms with Crippen molar-refractivity contribution >= 4 is 17.7 Å². The van der Waals surface area contributed by atoms with Gasteiger partial charge in [-0.3, -0.25) is 19.4 Å². The number of aromatic nitrogens is 1. The molecule has 30 heavy (non-hydrogen) atoms. The molecule has 0 saturated carbocycles. The highest BCUT2D eigenvalue weighted by Crippen LogP contribution is 2.22. The molecular formula is C23H30N4O3. The minimum Gasteiger partial charge on any atom is -0.356 e. The summed E-state index contributed by atoms with van der Waals surface area (Å²) in [5, 5.41) is 8.22. The van der Waals surface area contributed by atoms with Crippen LogP contribution < -0.4 is 16.0 Å². The first-order valence-electron chi connectivity index (χ1n) is 10.1. The third kappa shape index (κ3) is 8.03. The van der Waals surface area contributed by atoms with E-state index in [0.29, 0.717) is 12.1 Å². The molecule has 0 saturated heterocycles. The van der Waals surface area contributed by atoms with Gasteiger partial charge in [0.25, 0.3) is 5.91 Å². The quantitative estimate of drug-likeness (QED) is 0.591. The predicted octanol–water partition coefficient (Wildman–Crippen LogP) is 2.32. The Morgan fingerprint density at radius 3 is 1.97 bits per heavy atom. The SMILES string of the molecule is CC(C)(C)c1ccc(C(=O)NCCC(=O)NCCC(=O)NCc2ccncc2)cc1. The average Bonchev–Trinajstić information content (AvgIpc) is 2.72. The minimum absolute atomic E-state index is 0.0308. The van der Waals surface area contributed by atoms with Crippen molar-refractivity contribution in [3.05, 3.63) is 65.5 Å². The van der Waals surface area contributed by atoms with Gasteiger partial charge in [0.2, 0.25) is 11.8 Å².